The molecule has 0 aliphatic heterocycles. The monoisotopic (exact) mass is 384 g/mol. The SMILES string of the molecule is CC1(C)CCC(=O)c2c(C3CC3)cc(C#Cc3ccc(/C=C/C(=O)O)cc3)cc21. The summed E-state index contributed by atoms with van der Waals surface area (Å²) in [7, 11) is 0. The highest BCUT2D eigenvalue weighted by Gasteiger charge is 2.37. The summed E-state index contributed by atoms with van der Waals surface area (Å²) in [6.45, 7) is 4.44. The number of hydrogen-bond donors (Lipinski definition) is 1. The van der Waals surface area contributed by atoms with Crippen molar-refractivity contribution in [2.75, 3.05) is 0 Å². The summed E-state index contributed by atoms with van der Waals surface area (Å²) in [5.41, 5.74) is 5.95. The predicted octanol–water partition coefficient (Wildman–Crippen LogP) is 5.32. The van der Waals surface area contributed by atoms with Gasteiger partial charge in [0.2, 0.25) is 0 Å². The van der Waals surface area contributed by atoms with E-state index in [2.05, 4.69) is 37.8 Å². The zero-order valence-electron chi connectivity index (χ0n) is 16.8. The minimum atomic E-state index is -0.964. The number of aliphatic carboxylic acids is 1. The molecule has 0 spiro atoms. The van der Waals surface area contributed by atoms with Crippen molar-refractivity contribution in [3.8, 4) is 11.8 Å². The third-order valence-electron chi connectivity index (χ3n) is 5.85. The van der Waals surface area contributed by atoms with Crippen LogP contribution in [-0.2, 0) is 10.2 Å². The minimum absolute atomic E-state index is 0.0112. The van der Waals surface area contributed by atoms with Crippen molar-refractivity contribution in [2.24, 2.45) is 0 Å². The van der Waals surface area contributed by atoms with Crippen LogP contribution in [0.2, 0.25) is 0 Å². The molecule has 3 heteroatoms. The van der Waals surface area contributed by atoms with Crippen molar-refractivity contribution in [2.45, 2.75) is 50.9 Å². The van der Waals surface area contributed by atoms with Crippen LogP contribution < -0.4 is 0 Å². The normalized spacial score (nSPS) is 17.5. The molecule has 3 nitrogen and oxygen atoms in total. The van der Waals surface area contributed by atoms with Gasteiger partial charge in [-0.1, -0.05) is 37.8 Å². The molecule has 1 fully saturated rings. The molecule has 0 amide bonds. The van der Waals surface area contributed by atoms with Crippen LogP contribution in [0.3, 0.4) is 0 Å². The maximum absolute atomic E-state index is 12.7. The Morgan fingerprint density at radius 3 is 2.45 bits per heavy atom. The lowest BCUT2D eigenvalue weighted by atomic mass is 9.70. The van der Waals surface area contributed by atoms with Crippen LogP contribution in [0.25, 0.3) is 6.08 Å². The molecule has 0 unspecified atom stereocenters. The second-order valence-electron chi connectivity index (χ2n) is 8.61. The number of carbonyl (C=O) groups excluding carboxylic acids is 1. The molecule has 1 saturated carbocycles. The van der Waals surface area contributed by atoms with Gasteiger partial charge in [0.05, 0.1) is 0 Å². The average molecular weight is 384 g/mol. The molecular formula is C26H24O3. The summed E-state index contributed by atoms with van der Waals surface area (Å²) in [6.07, 6.45) is 6.50. The standard InChI is InChI=1S/C26H24O3/c1-26(2)14-13-23(27)25-21(20-10-11-20)15-19(16-22(25)26)8-7-17-3-5-18(6-4-17)9-12-24(28)29/h3-6,9,12,15-16,20H,10-11,13-14H2,1-2H3,(H,28,29)/b12-9+. The van der Waals surface area contributed by atoms with Crippen LogP contribution in [-0.4, -0.2) is 16.9 Å². The van der Waals surface area contributed by atoms with E-state index in [4.69, 9.17) is 5.11 Å². The van der Waals surface area contributed by atoms with Gasteiger partial charge >= 0.3 is 5.97 Å². The Bertz CT molecular complexity index is 1070. The first-order valence-electron chi connectivity index (χ1n) is 10.1. The minimum Gasteiger partial charge on any atom is -0.478 e. The fourth-order valence-corrected chi connectivity index (χ4v) is 3.97. The fourth-order valence-electron chi connectivity index (χ4n) is 3.97. The van der Waals surface area contributed by atoms with Gasteiger partial charge in [-0.25, -0.2) is 4.79 Å². The number of fused-ring (bicyclic) bond motifs is 1. The fraction of sp³-hybridized carbons (Fsp3) is 0.308. The van der Waals surface area contributed by atoms with E-state index in [0.29, 0.717) is 12.3 Å². The summed E-state index contributed by atoms with van der Waals surface area (Å²) in [5.74, 6) is 6.32. The number of rotatable bonds is 3. The second-order valence-corrected chi connectivity index (χ2v) is 8.61. The predicted molar refractivity (Wildman–Crippen MR) is 114 cm³/mol. The molecule has 1 N–H and O–H groups in total. The van der Waals surface area contributed by atoms with Crippen LogP contribution in [0.1, 0.15) is 83.6 Å². The van der Waals surface area contributed by atoms with E-state index in [-0.39, 0.29) is 11.2 Å². The Kier molecular flexibility index (Phi) is 4.88. The lowest BCUT2D eigenvalue weighted by Crippen LogP contribution is -2.28. The third-order valence-corrected chi connectivity index (χ3v) is 5.85. The van der Waals surface area contributed by atoms with Crippen molar-refractivity contribution in [3.63, 3.8) is 0 Å². The molecular weight excluding hydrogens is 360 g/mol. The van der Waals surface area contributed by atoms with Crippen LogP contribution in [0.4, 0.5) is 0 Å². The van der Waals surface area contributed by atoms with Gasteiger partial charge in [0.1, 0.15) is 0 Å². The van der Waals surface area contributed by atoms with E-state index in [9.17, 15) is 9.59 Å². The van der Waals surface area contributed by atoms with Gasteiger partial charge in [-0.05, 0) is 77.6 Å². The summed E-state index contributed by atoms with van der Waals surface area (Å²) >= 11 is 0. The van der Waals surface area contributed by atoms with Crippen molar-refractivity contribution in [3.05, 3.63) is 75.9 Å². The first-order chi connectivity index (χ1) is 13.8. The van der Waals surface area contributed by atoms with Gasteiger partial charge in [-0.2, -0.15) is 0 Å². The molecule has 0 saturated heterocycles. The van der Waals surface area contributed by atoms with Crippen LogP contribution >= 0.6 is 0 Å². The van der Waals surface area contributed by atoms with E-state index < -0.39 is 5.97 Å². The quantitative estimate of drug-likeness (QED) is 0.576. The van der Waals surface area contributed by atoms with Gasteiger partial charge in [0.25, 0.3) is 0 Å². The Morgan fingerprint density at radius 1 is 1.10 bits per heavy atom. The van der Waals surface area contributed by atoms with Gasteiger partial charge in [0.15, 0.2) is 5.78 Å². The smallest absolute Gasteiger partial charge is 0.328 e. The number of carboxylic acid groups (broad SMARTS) is 1. The van der Waals surface area contributed by atoms with Crippen molar-refractivity contribution in [1.29, 1.82) is 0 Å². The molecule has 0 atom stereocenters. The number of ketones is 1. The van der Waals surface area contributed by atoms with Gasteiger partial charge in [0, 0.05) is 29.2 Å². The largest absolute Gasteiger partial charge is 0.478 e. The molecule has 146 valence electrons. The van der Waals surface area contributed by atoms with Crippen molar-refractivity contribution < 1.29 is 14.7 Å². The first-order valence-corrected chi connectivity index (χ1v) is 10.1. The maximum Gasteiger partial charge on any atom is 0.328 e. The summed E-state index contributed by atoms with van der Waals surface area (Å²) < 4.78 is 0. The highest BCUT2D eigenvalue weighted by atomic mass is 16.4. The molecule has 4 rings (SSSR count). The van der Waals surface area contributed by atoms with Crippen molar-refractivity contribution in [1.82, 2.24) is 0 Å². The van der Waals surface area contributed by atoms with Crippen LogP contribution in [0.15, 0.2) is 42.5 Å². The molecule has 2 aromatic carbocycles. The van der Waals surface area contributed by atoms with E-state index in [1.807, 2.05) is 24.3 Å². The molecule has 2 aliphatic carbocycles. The van der Waals surface area contributed by atoms with Crippen LogP contribution in [0.5, 0.6) is 0 Å². The molecule has 0 aromatic heterocycles. The molecule has 0 heterocycles. The van der Waals surface area contributed by atoms with Gasteiger partial charge in [-0.3, -0.25) is 4.79 Å². The first kappa shape index (κ1) is 19.2. The lowest BCUT2D eigenvalue weighted by Gasteiger charge is -2.33. The molecule has 2 aromatic rings. The summed E-state index contributed by atoms with van der Waals surface area (Å²) in [4.78, 5) is 23.3. The zero-order chi connectivity index (χ0) is 20.6. The average Bonchev–Trinajstić information content (AvgIpc) is 3.53. The Morgan fingerprint density at radius 2 is 1.79 bits per heavy atom. The van der Waals surface area contributed by atoms with Gasteiger partial charge in [-0.15, -0.1) is 0 Å². The van der Waals surface area contributed by atoms with Crippen molar-refractivity contribution >= 4 is 17.8 Å². The second kappa shape index (κ2) is 7.37. The van der Waals surface area contributed by atoms with Gasteiger partial charge < -0.3 is 5.11 Å². The number of Topliss-reactive ketones (excluding diaryl/α,β-unsaturated/α-hetero) is 1. The summed E-state index contributed by atoms with van der Waals surface area (Å²) in [5, 5.41) is 8.71. The van der Waals surface area contributed by atoms with E-state index in [1.54, 1.807) is 6.08 Å². The highest BCUT2D eigenvalue weighted by Crippen LogP contribution is 2.47. The highest BCUT2D eigenvalue weighted by molar-refractivity contribution is 6.01. The topological polar surface area (TPSA) is 54.4 Å². The Balaban J connectivity index is 1.68. The Hall–Kier alpha value is -3.12. The lowest BCUT2D eigenvalue weighted by molar-refractivity contribution is -0.131. The number of carbonyl (C=O) groups is 2. The third kappa shape index (κ3) is 4.17. The zero-order valence-corrected chi connectivity index (χ0v) is 16.8. The van der Waals surface area contributed by atoms with E-state index >= 15 is 0 Å². The number of carboxylic acids is 1. The molecule has 0 bridgehead atoms. The Labute approximate surface area is 171 Å². The van der Waals surface area contributed by atoms with E-state index in [1.165, 1.54) is 5.56 Å². The number of hydrogen-bond acceptors (Lipinski definition) is 2. The maximum atomic E-state index is 12.7. The molecule has 29 heavy (non-hydrogen) atoms. The molecule has 2 aliphatic rings. The summed E-state index contributed by atoms with van der Waals surface area (Å²) in [6, 6.07) is 11.7. The number of benzene rings is 2. The van der Waals surface area contributed by atoms with Crippen LogP contribution in [0, 0.1) is 11.8 Å². The van der Waals surface area contributed by atoms with E-state index in [0.717, 1.165) is 53.2 Å². The molecule has 0 radical (unpaired) electrons.